The largest absolute Gasteiger partial charge is 0.504 e. The number of hydrogen-bond acceptors (Lipinski definition) is 9. The summed E-state index contributed by atoms with van der Waals surface area (Å²) in [5.41, 5.74) is 0.543. The molecule has 1 aliphatic heterocycles. The minimum Gasteiger partial charge on any atom is -0.504 e. The molecule has 2 rings (SSSR count). The van der Waals surface area contributed by atoms with Crippen molar-refractivity contribution in [3.8, 4) is 11.5 Å². The number of carbonyl (C=O) groups is 1. The van der Waals surface area contributed by atoms with Crippen LogP contribution in [0.25, 0.3) is 0 Å². The molecule has 0 fully saturated rings. The number of thioether (sulfide) groups is 1. The normalized spacial score (nSPS) is 16.1. The van der Waals surface area contributed by atoms with E-state index in [-0.39, 0.29) is 11.7 Å². The third kappa shape index (κ3) is 6.97. The molecule has 1 unspecified atom stereocenters. The van der Waals surface area contributed by atoms with Gasteiger partial charge in [-0.3, -0.25) is 4.99 Å². The Morgan fingerprint density at radius 3 is 2.61 bits per heavy atom. The predicted octanol–water partition coefficient (Wildman–Crippen LogP) is 1.88. The molecule has 0 spiro atoms. The fourth-order valence-corrected chi connectivity index (χ4v) is 3.41. The predicted molar refractivity (Wildman–Crippen MR) is 107 cm³/mol. The molecule has 1 N–H and O–H groups in total. The van der Waals surface area contributed by atoms with Gasteiger partial charge in [-0.15, -0.1) is 11.8 Å². The molecule has 9 heteroatoms. The van der Waals surface area contributed by atoms with E-state index in [1.165, 1.54) is 11.8 Å². The summed E-state index contributed by atoms with van der Waals surface area (Å²) in [5.74, 6) is 0.501. The summed E-state index contributed by atoms with van der Waals surface area (Å²) in [6, 6.07) is 4.66. The highest BCUT2D eigenvalue weighted by molar-refractivity contribution is 8.14. The molecule has 1 aromatic carbocycles. The number of carbonyl (C=O) groups excluding carboxylic acids is 1. The van der Waals surface area contributed by atoms with E-state index in [2.05, 4.69) is 4.99 Å². The van der Waals surface area contributed by atoms with Gasteiger partial charge in [0, 0.05) is 12.9 Å². The summed E-state index contributed by atoms with van der Waals surface area (Å²) in [7, 11) is 1.62. The fraction of sp³-hybridized carbons (Fsp3) is 0.579. The van der Waals surface area contributed by atoms with Gasteiger partial charge in [-0.25, -0.2) is 4.79 Å². The first-order valence-electron chi connectivity index (χ1n) is 9.14. The van der Waals surface area contributed by atoms with Gasteiger partial charge < -0.3 is 28.8 Å². The second-order valence-electron chi connectivity index (χ2n) is 5.73. The number of aromatic hydroxyl groups is 1. The molecule has 0 aromatic heterocycles. The summed E-state index contributed by atoms with van der Waals surface area (Å²) < 4.78 is 26.2. The lowest BCUT2D eigenvalue weighted by atomic mass is 10.2. The van der Waals surface area contributed by atoms with Crippen molar-refractivity contribution >= 4 is 22.8 Å². The smallest absolute Gasteiger partial charge is 0.331 e. The Balaban J connectivity index is 1.80. The molecule has 1 atom stereocenters. The SMILES string of the molecule is CCOC(=O)C1CSC(c2cccc(OCCOCCOCCOC)c2O)=N1. The maximum atomic E-state index is 11.8. The highest BCUT2D eigenvalue weighted by Gasteiger charge is 2.28. The van der Waals surface area contributed by atoms with Gasteiger partial charge >= 0.3 is 5.97 Å². The zero-order valence-corrected chi connectivity index (χ0v) is 17.0. The Hall–Kier alpha value is -1.81. The van der Waals surface area contributed by atoms with E-state index in [1.54, 1.807) is 32.2 Å². The molecule has 28 heavy (non-hydrogen) atoms. The maximum Gasteiger partial charge on any atom is 0.331 e. The van der Waals surface area contributed by atoms with E-state index in [9.17, 15) is 9.90 Å². The molecule has 0 saturated carbocycles. The maximum absolute atomic E-state index is 11.8. The van der Waals surface area contributed by atoms with Gasteiger partial charge in [0.05, 0.1) is 45.2 Å². The minimum atomic E-state index is -0.538. The Morgan fingerprint density at radius 2 is 1.89 bits per heavy atom. The van der Waals surface area contributed by atoms with Crippen molar-refractivity contribution in [2.75, 3.05) is 59.1 Å². The van der Waals surface area contributed by atoms with Crippen LogP contribution in [0, 0.1) is 0 Å². The Bertz CT molecular complexity index is 653. The summed E-state index contributed by atoms with van der Waals surface area (Å²) >= 11 is 1.41. The first-order chi connectivity index (χ1) is 13.7. The van der Waals surface area contributed by atoms with Crippen molar-refractivity contribution in [2.24, 2.45) is 4.99 Å². The molecule has 0 bridgehead atoms. The van der Waals surface area contributed by atoms with E-state index in [0.29, 0.717) is 68.4 Å². The summed E-state index contributed by atoms with van der Waals surface area (Å²) in [6.07, 6.45) is 0. The number of phenols is 1. The molecule has 1 aromatic rings. The van der Waals surface area contributed by atoms with E-state index in [4.69, 9.17) is 23.7 Å². The molecule has 156 valence electrons. The lowest BCUT2D eigenvalue weighted by Crippen LogP contribution is -2.21. The van der Waals surface area contributed by atoms with E-state index in [1.807, 2.05) is 0 Å². The number of benzene rings is 1. The second kappa shape index (κ2) is 12.6. The highest BCUT2D eigenvalue weighted by atomic mass is 32.2. The van der Waals surface area contributed by atoms with E-state index in [0.717, 1.165) is 0 Å². The molecule has 1 aliphatic rings. The number of esters is 1. The fourth-order valence-electron chi connectivity index (χ4n) is 2.37. The minimum absolute atomic E-state index is 0.00107. The first-order valence-corrected chi connectivity index (χ1v) is 10.1. The number of rotatable bonds is 13. The van der Waals surface area contributed by atoms with Crippen LogP contribution in [-0.2, 0) is 23.7 Å². The van der Waals surface area contributed by atoms with E-state index < -0.39 is 6.04 Å². The molecule has 0 amide bonds. The van der Waals surface area contributed by atoms with Crippen LogP contribution in [0.3, 0.4) is 0 Å². The van der Waals surface area contributed by atoms with Crippen molar-refractivity contribution in [3.63, 3.8) is 0 Å². The number of ether oxygens (including phenoxy) is 5. The van der Waals surface area contributed by atoms with Crippen LogP contribution in [0.5, 0.6) is 11.5 Å². The van der Waals surface area contributed by atoms with Gasteiger partial charge in [-0.2, -0.15) is 0 Å². The van der Waals surface area contributed by atoms with Crippen molar-refractivity contribution in [2.45, 2.75) is 13.0 Å². The molecular formula is C19H27NO7S. The summed E-state index contributed by atoms with van der Waals surface area (Å²) in [6.45, 7) is 4.79. The number of hydrogen-bond donors (Lipinski definition) is 1. The average molecular weight is 413 g/mol. The molecule has 0 aliphatic carbocycles. The second-order valence-corrected chi connectivity index (χ2v) is 6.74. The van der Waals surface area contributed by atoms with Crippen molar-refractivity contribution < 1.29 is 33.6 Å². The number of methoxy groups -OCH3 is 1. The number of nitrogens with zero attached hydrogens (tertiary/aromatic N) is 1. The zero-order valence-electron chi connectivity index (χ0n) is 16.2. The van der Waals surface area contributed by atoms with Crippen LogP contribution in [0.15, 0.2) is 23.2 Å². The van der Waals surface area contributed by atoms with Gasteiger partial charge in [-0.1, -0.05) is 6.07 Å². The third-order valence-corrected chi connectivity index (χ3v) is 4.81. The van der Waals surface area contributed by atoms with Crippen LogP contribution in [0.1, 0.15) is 12.5 Å². The van der Waals surface area contributed by atoms with Gasteiger partial charge in [0.15, 0.2) is 17.5 Å². The van der Waals surface area contributed by atoms with Crippen LogP contribution >= 0.6 is 11.8 Å². The van der Waals surface area contributed by atoms with Crippen LogP contribution in [0.4, 0.5) is 0 Å². The van der Waals surface area contributed by atoms with Crippen molar-refractivity contribution in [3.05, 3.63) is 23.8 Å². The van der Waals surface area contributed by atoms with Gasteiger partial charge in [0.25, 0.3) is 0 Å². The standard InChI is InChI=1S/C19H27NO7S/c1-3-26-19(22)15-13-28-18(20-15)14-5-4-6-16(17(14)21)27-12-11-25-10-9-24-8-7-23-2/h4-6,15,21H,3,7-13H2,1-2H3. The highest BCUT2D eigenvalue weighted by Crippen LogP contribution is 2.35. The third-order valence-electron chi connectivity index (χ3n) is 3.73. The summed E-state index contributed by atoms with van der Waals surface area (Å²) in [5, 5.41) is 11.1. The number of aliphatic imine (C=N–C) groups is 1. The monoisotopic (exact) mass is 413 g/mol. The average Bonchev–Trinajstić information content (AvgIpc) is 3.18. The van der Waals surface area contributed by atoms with Crippen LogP contribution in [0.2, 0.25) is 0 Å². The van der Waals surface area contributed by atoms with Crippen molar-refractivity contribution in [1.29, 1.82) is 0 Å². The number of phenolic OH excluding ortho intramolecular Hbond substituents is 1. The molecule has 1 heterocycles. The first kappa shape index (κ1) is 22.5. The summed E-state index contributed by atoms with van der Waals surface area (Å²) in [4.78, 5) is 16.2. The lowest BCUT2D eigenvalue weighted by Gasteiger charge is -2.11. The van der Waals surface area contributed by atoms with Gasteiger partial charge in [-0.05, 0) is 19.1 Å². The number of para-hydroxylation sites is 1. The Morgan fingerprint density at radius 1 is 1.18 bits per heavy atom. The molecule has 0 radical (unpaired) electrons. The Labute approximate surface area is 169 Å². The van der Waals surface area contributed by atoms with Crippen molar-refractivity contribution in [1.82, 2.24) is 0 Å². The zero-order chi connectivity index (χ0) is 20.2. The topological polar surface area (TPSA) is 95.8 Å². The van der Waals surface area contributed by atoms with Gasteiger partial charge in [0.2, 0.25) is 0 Å². The van der Waals surface area contributed by atoms with Crippen LogP contribution < -0.4 is 4.74 Å². The molecular weight excluding hydrogens is 386 g/mol. The van der Waals surface area contributed by atoms with Gasteiger partial charge in [0.1, 0.15) is 11.7 Å². The van der Waals surface area contributed by atoms with Crippen LogP contribution in [-0.4, -0.2) is 81.3 Å². The Kier molecular flexibility index (Phi) is 10.1. The molecule has 8 nitrogen and oxygen atoms in total. The van der Waals surface area contributed by atoms with E-state index >= 15 is 0 Å². The quantitative estimate of drug-likeness (QED) is 0.387. The lowest BCUT2D eigenvalue weighted by molar-refractivity contribution is -0.143. The molecule has 0 saturated heterocycles.